The maximum Gasteiger partial charge on any atom is 0.226 e. The van der Waals surface area contributed by atoms with Crippen molar-refractivity contribution in [1.82, 2.24) is 4.90 Å². The van der Waals surface area contributed by atoms with Crippen molar-refractivity contribution in [3.05, 3.63) is 24.3 Å². The average Bonchev–Trinajstić information content (AvgIpc) is 3.11. The summed E-state index contributed by atoms with van der Waals surface area (Å²) in [4.78, 5) is 28.2. The van der Waals surface area contributed by atoms with Crippen LogP contribution in [0.25, 0.3) is 0 Å². The quantitative estimate of drug-likeness (QED) is 0.782. The smallest absolute Gasteiger partial charge is 0.226 e. The first-order chi connectivity index (χ1) is 12.0. The number of hydrogen-bond donors (Lipinski definition) is 1. The lowest BCUT2D eigenvalue weighted by molar-refractivity contribution is -0.131. The highest BCUT2D eigenvalue weighted by molar-refractivity contribution is 5.91. The van der Waals surface area contributed by atoms with Gasteiger partial charge in [0, 0.05) is 50.4 Å². The lowest BCUT2D eigenvalue weighted by Crippen LogP contribution is -2.39. The topological polar surface area (TPSA) is 52.7 Å². The minimum atomic E-state index is -0.0418. The lowest BCUT2D eigenvalue weighted by atomic mass is 10.2. The fraction of sp³-hybridized carbons (Fsp3) is 0.600. The number of hydrogen-bond acceptors (Lipinski definition) is 3. The van der Waals surface area contributed by atoms with E-state index in [1.54, 1.807) is 6.92 Å². The van der Waals surface area contributed by atoms with Gasteiger partial charge in [0.2, 0.25) is 11.8 Å². The van der Waals surface area contributed by atoms with Crippen LogP contribution >= 0.6 is 0 Å². The van der Waals surface area contributed by atoms with Crippen molar-refractivity contribution in [1.29, 1.82) is 0 Å². The highest BCUT2D eigenvalue weighted by Gasteiger charge is 2.24. The lowest BCUT2D eigenvalue weighted by Gasteiger charge is -2.27. The van der Waals surface area contributed by atoms with Crippen molar-refractivity contribution in [3.8, 4) is 0 Å². The predicted molar refractivity (Wildman–Crippen MR) is 103 cm³/mol. The average molecular weight is 345 g/mol. The molecule has 1 fully saturated rings. The van der Waals surface area contributed by atoms with Gasteiger partial charge in [-0.1, -0.05) is 12.8 Å². The normalized spacial score (nSPS) is 14.4. The molecule has 1 aromatic carbocycles. The van der Waals surface area contributed by atoms with E-state index in [-0.39, 0.29) is 11.8 Å². The van der Waals surface area contributed by atoms with Gasteiger partial charge in [-0.2, -0.15) is 0 Å². The van der Waals surface area contributed by atoms with Crippen LogP contribution in [0.3, 0.4) is 0 Å². The Bertz CT molecular complexity index is 561. The molecule has 0 heterocycles. The fourth-order valence-electron chi connectivity index (χ4n) is 3.60. The molecule has 0 saturated heterocycles. The fourth-order valence-corrected chi connectivity index (χ4v) is 3.60. The van der Waals surface area contributed by atoms with Crippen LogP contribution in [-0.2, 0) is 9.59 Å². The number of carbonyl (C=O) groups excluding carboxylic acids is 2. The molecule has 0 aromatic heterocycles. The molecule has 5 heteroatoms. The zero-order valence-corrected chi connectivity index (χ0v) is 15.8. The van der Waals surface area contributed by atoms with Crippen LogP contribution in [0.5, 0.6) is 0 Å². The monoisotopic (exact) mass is 345 g/mol. The standard InChI is InChI=1S/C20H31N3O2/c1-4-22(5-2)18-12-10-17(11-13-18)21-20(25)14-15-23(16(3)24)19-8-6-7-9-19/h10-13,19H,4-9,14-15H2,1-3H3,(H,21,25). The summed E-state index contributed by atoms with van der Waals surface area (Å²) in [5.74, 6) is 0.0307. The third-order valence-corrected chi connectivity index (χ3v) is 5.03. The zero-order chi connectivity index (χ0) is 18.2. The summed E-state index contributed by atoms with van der Waals surface area (Å²) >= 11 is 0. The second-order valence-electron chi connectivity index (χ2n) is 6.67. The Hall–Kier alpha value is -2.04. The third-order valence-electron chi connectivity index (χ3n) is 5.03. The Balaban J connectivity index is 1.85. The summed E-state index contributed by atoms with van der Waals surface area (Å²) < 4.78 is 0. The summed E-state index contributed by atoms with van der Waals surface area (Å²) in [5, 5.41) is 2.93. The van der Waals surface area contributed by atoms with Crippen molar-refractivity contribution in [2.45, 2.75) is 58.9 Å². The molecule has 0 atom stereocenters. The first-order valence-corrected chi connectivity index (χ1v) is 9.47. The van der Waals surface area contributed by atoms with Gasteiger partial charge in [-0.15, -0.1) is 0 Å². The molecule has 2 amide bonds. The van der Waals surface area contributed by atoms with E-state index in [4.69, 9.17) is 0 Å². The summed E-state index contributed by atoms with van der Waals surface area (Å²) in [5.41, 5.74) is 1.96. The van der Waals surface area contributed by atoms with Gasteiger partial charge < -0.3 is 15.1 Å². The highest BCUT2D eigenvalue weighted by Crippen LogP contribution is 2.24. The molecule has 0 bridgehead atoms. The number of benzene rings is 1. The largest absolute Gasteiger partial charge is 0.372 e. The molecule has 0 unspecified atom stereocenters. The number of nitrogens with one attached hydrogen (secondary N) is 1. The number of carbonyl (C=O) groups is 2. The Morgan fingerprint density at radius 1 is 1.08 bits per heavy atom. The first kappa shape index (κ1) is 19.3. The van der Waals surface area contributed by atoms with E-state index < -0.39 is 0 Å². The van der Waals surface area contributed by atoms with E-state index in [2.05, 4.69) is 24.1 Å². The maximum atomic E-state index is 12.2. The van der Waals surface area contributed by atoms with Crippen LogP contribution in [0, 0.1) is 0 Å². The Morgan fingerprint density at radius 3 is 2.20 bits per heavy atom. The van der Waals surface area contributed by atoms with E-state index in [9.17, 15) is 9.59 Å². The van der Waals surface area contributed by atoms with Crippen LogP contribution in [-0.4, -0.2) is 42.4 Å². The second-order valence-corrected chi connectivity index (χ2v) is 6.67. The van der Waals surface area contributed by atoms with Gasteiger partial charge >= 0.3 is 0 Å². The molecule has 2 rings (SSSR count). The number of anilines is 2. The molecule has 1 aliphatic rings. The van der Waals surface area contributed by atoms with Crippen molar-refractivity contribution < 1.29 is 9.59 Å². The Morgan fingerprint density at radius 2 is 1.68 bits per heavy atom. The molecule has 1 N–H and O–H groups in total. The molecule has 1 saturated carbocycles. The molecule has 0 spiro atoms. The van der Waals surface area contributed by atoms with Gasteiger partial charge in [0.15, 0.2) is 0 Å². The minimum absolute atomic E-state index is 0.0418. The maximum absolute atomic E-state index is 12.2. The second kappa shape index (κ2) is 9.44. The highest BCUT2D eigenvalue weighted by atomic mass is 16.2. The van der Waals surface area contributed by atoms with E-state index in [0.29, 0.717) is 19.0 Å². The van der Waals surface area contributed by atoms with Crippen molar-refractivity contribution in [3.63, 3.8) is 0 Å². The SMILES string of the molecule is CCN(CC)c1ccc(NC(=O)CCN(C(C)=O)C2CCCC2)cc1. The number of amides is 2. The first-order valence-electron chi connectivity index (χ1n) is 9.47. The van der Waals surface area contributed by atoms with Crippen LogP contribution < -0.4 is 10.2 Å². The molecule has 0 radical (unpaired) electrons. The summed E-state index contributed by atoms with van der Waals surface area (Å²) in [6.45, 7) is 8.29. The van der Waals surface area contributed by atoms with Gasteiger partial charge in [0.05, 0.1) is 0 Å². The predicted octanol–water partition coefficient (Wildman–Crippen LogP) is 3.65. The van der Waals surface area contributed by atoms with E-state index in [1.807, 2.05) is 29.2 Å². The van der Waals surface area contributed by atoms with Crippen molar-refractivity contribution >= 4 is 23.2 Å². The van der Waals surface area contributed by atoms with Crippen LogP contribution in [0.2, 0.25) is 0 Å². The molecule has 138 valence electrons. The van der Waals surface area contributed by atoms with Crippen LogP contribution in [0.4, 0.5) is 11.4 Å². The molecule has 1 aromatic rings. The van der Waals surface area contributed by atoms with Gasteiger partial charge in [0.1, 0.15) is 0 Å². The molecule has 5 nitrogen and oxygen atoms in total. The summed E-state index contributed by atoms with van der Waals surface area (Å²) in [7, 11) is 0. The zero-order valence-electron chi connectivity index (χ0n) is 15.8. The van der Waals surface area contributed by atoms with E-state index in [0.717, 1.165) is 37.3 Å². The summed E-state index contributed by atoms with van der Waals surface area (Å²) in [6.07, 6.45) is 4.83. The van der Waals surface area contributed by atoms with Gasteiger partial charge in [0.25, 0.3) is 0 Å². The third kappa shape index (κ3) is 5.48. The molecular formula is C20H31N3O2. The van der Waals surface area contributed by atoms with Gasteiger partial charge in [-0.3, -0.25) is 9.59 Å². The van der Waals surface area contributed by atoms with Crippen LogP contribution in [0.15, 0.2) is 24.3 Å². The van der Waals surface area contributed by atoms with Gasteiger partial charge in [-0.25, -0.2) is 0 Å². The minimum Gasteiger partial charge on any atom is -0.372 e. The Kier molecular flexibility index (Phi) is 7.29. The van der Waals surface area contributed by atoms with E-state index >= 15 is 0 Å². The molecule has 1 aliphatic carbocycles. The Labute approximate surface area is 151 Å². The van der Waals surface area contributed by atoms with E-state index in [1.165, 1.54) is 12.8 Å². The molecule has 0 aliphatic heterocycles. The molecule has 25 heavy (non-hydrogen) atoms. The number of nitrogens with zero attached hydrogens (tertiary/aromatic N) is 2. The summed E-state index contributed by atoms with van der Waals surface area (Å²) in [6, 6.07) is 8.25. The van der Waals surface area contributed by atoms with Crippen molar-refractivity contribution in [2.75, 3.05) is 29.9 Å². The van der Waals surface area contributed by atoms with Crippen molar-refractivity contribution in [2.24, 2.45) is 0 Å². The van der Waals surface area contributed by atoms with Gasteiger partial charge in [-0.05, 0) is 51.0 Å². The molecular weight excluding hydrogens is 314 g/mol. The number of rotatable bonds is 8. The van der Waals surface area contributed by atoms with Crippen LogP contribution in [0.1, 0.15) is 52.9 Å².